The molecular weight excluding hydrogens is 350 g/mol. The Labute approximate surface area is 134 Å². The van der Waals surface area contributed by atoms with Crippen molar-refractivity contribution in [3.63, 3.8) is 0 Å². The topological polar surface area (TPSA) is 49.3 Å². The van der Waals surface area contributed by atoms with E-state index in [4.69, 9.17) is 5.11 Å². The molecule has 2 aromatic carbocycles. The van der Waals surface area contributed by atoms with Gasteiger partial charge in [0.25, 0.3) is 0 Å². The van der Waals surface area contributed by atoms with Gasteiger partial charge in [-0.2, -0.15) is 0 Å². The van der Waals surface area contributed by atoms with Crippen LogP contribution < -0.4 is 5.32 Å². The maximum absolute atomic E-state index is 10.8. The zero-order chi connectivity index (χ0) is 14.8. The first-order chi connectivity index (χ1) is 10.1. The lowest BCUT2D eigenvalue weighted by Gasteiger charge is -2.06. The number of hydrogen-bond acceptors (Lipinski definition) is 3. The monoisotopic (exact) mass is 361 g/mol. The molecule has 3 rings (SSSR count). The SMILES string of the molecule is O=C(O)c1ccc(CNc2ccc3cc(Br)ccc3c2)s1. The zero-order valence-electron chi connectivity index (χ0n) is 11.0. The van der Waals surface area contributed by atoms with E-state index in [2.05, 4.69) is 45.5 Å². The van der Waals surface area contributed by atoms with E-state index in [9.17, 15) is 4.79 Å². The molecule has 3 aromatic rings. The van der Waals surface area contributed by atoms with Crippen molar-refractivity contribution in [2.75, 3.05) is 5.32 Å². The van der Waals surface area contributed by atoms with Gasteiger partial charge in [-0.05, 0) is 47.2 Å². The number of hydrogen-bond donors (Lipinski definition) is 2. The number of carboxylic acids is 1. The Morgan fingerprint density at radius 3 is 2.62 bits per heavy atom. The summed E-state index contributed by atoms with van der Waals surface area (Å²) in [4.78, 5) is 12.2. The molecule has 0 bridgehead atoms. The Morgan fingerprint density at radius 1 is 1.10 bits per heavy atom. The van der Waals surface area contributed by atoms with Crippen LogP contribution in [0.4, 0.5) is 5.69 Å². The van der Waals surface area contributed by atoms with E-state index in [0.717, 1.165) is 15.0 Å². The van der Waals surface area contributed by atoms with E-state index >= 15 is 0 Å². The number of thiophene rings is 1. The lowest BCUT2D eigenvalue weighted by Crippen LogP contribution is -1.97. The fourth-order valence-electron chi connectivity index (χ4n) is 2.10. The number of carbonyl (C=O) groups is 1. The van der Waals surface area contributed by atoms with Gasteiger partial charge in [0.05, 0.1) is 0 Å². The van der Waals surface area contributed by atoms with Crippen molar-refractivity contribution >= 4 is 49.7 Å². The second-order valence-corrected chi connectivity index (χ2v) is 6.71. The number of halogens is 1. The molecule has 0 aliphatic rings. The summed E-state index contributed by atoms with van der Waals surface area (Å²) >= 11 is 4.76. The predicted molar refractivity (Wildman–Crippen MR) is 90.3 cm³/mol. The maximum Gasteiger partial charge on any atom is 0.345 e. The average Bonchev–Trinajstić information content (AvgIpc) is 2.94. The maximum atomic E-state index is 10.8. The smallest absolute Gasteiger partial charge is 0.345 e. The Bertz CT molecular complexity index is 813. The first-order valence-electron chi connectivity index (χ1n) is 6.37. The van der Waals surface area contributed by atoms with Crippen molar-refractivity contribution in [2.45, 2.75) is 6.54 Å². The summed E-state index contributed by atoms with van der Waals surface area (Å²) in [6.07, 6.45) is 0. The van der Waals surface area contributed by atoms with Crippen molar-refractivity contribution in [2.24, 2.45) is 0 Å². The molecule has 0 atom stereocenters. The van der Waals surface area contributed by atoms with Crippen LogP contribution >= 0.6 is 27.3 Å². The molecule has 0 spiro atoms. The predicted octanol–water partition coefficient (Wildman–Crippen LogP) is 4.97. The van der Waals surface area contributed by atoms with Crippen LogP contribution in [-0.2, 0) is 6.54 Å². The molecule has 0 saturated carbocycles. The average molecular weight is 362 g/mol. The highest BCUT2D eigenvalue weighted by Gasteiger charge is 2.06. The van der Waals surface area contributed by atoms with Gasteiger partial charge in [-0.3, -0.25) is 0 Å². The number of aromatic carboxylic acids is 1. The van der Waals surface area contributed by atoms with E-state index in [-0.39, 0.29) is 0 Å². The molecule has 0 fully saturated rings. The highest BCUT2D eigenvalue weighted by molar-refractivity contribution is 9.10. The summed E-state index contributed by atoms with van der Waals surface area (Å²) in [6.45, 7) is 0.625. The number of rotatable bonds is 4. The van der Waals surface area contributed by atoms with Crippen LogP contribution in [0.5, 0.6) is 0 Å². The molecule has 1 heterocycles. The Hall–Kier alpha value is -1.85. The molecule has 0 radical (unpaired) electrons. The number of benzene rings is 2. The van der Waals surface area contributed by atoms with Crippen LogP contribution in [0.3, 0.4) is 0 Å². The third kappa shape index (κ3) is 3.25. The molecule has 2 N–H and O–H groups in total. The molecule has 0 amide bonds. The summed E-state index contributed by atoms with van der Waals surface area (Å²) in [6, 6.07) is 15.8. The van der Waals surface area contributed by atoms with Gasteiger partial charge in [-0.25, -0.2) is 4.79 Å². The van der Waals surface area contributed by atoms with E-state index in [0.29, 0.717) is 11.4 Å². The van der Waals surface area contributed by atoms with Crippen molar-refractivity contribution in [1.82, 2.24) is 0 Å². The van der Waals surface area contributed by atoms with Gasteiger partial charge in [0.1, 0.15) is 4.88 Å². The quantitative estimate of drug-likeness (QED) is 0.689. The summed E-state index contributed by atoms with van der Waals surface area (Å²) < 4.78 is 1.07. The molecule has 0 unspecified atom stereocenters. The van der Waals surface area contributed by atoms with E-state index in [1.54, 1.807) is 6.07 Å². The van der Waals surface area contributed by atoms with E-state index in [1.165, 1.54) is 22.1 Å². The minimum absolute atomic E-state index is 0.371. The molecule has 3 nitrogen and oxygen atoms in total. The first-order valence-corrected chi connectivity index (χ1v) is 7.98. The molecule has 0 saturated heterocycles. The summed E-state index contributed by atoms with van der Waals surface area (Å²) in [7, 11) is 0. The highest BCUT2D eigenvalue weighted by atomic mass is 79.9. The van der Waals surface area contributed by atoms with Gasteiger partial charge in [0.2, 0.25) is 0 Å². The fourth-order valence-corrected chi connectivity index (χ4v) is 3.27. The molecule has 5 heteroatoms. The lowest BCUT2D eigenvalue weighted by molar-refractivity contribution is 0.0702. The normalized spacial score (nSPS) is 10.7. The third-order valence-corrected chi connectivity index (χ3v) is 4.71. The van der Waals surface area contributed by atoms with Crippen LogP contribution in [0.2, 0.25) is 0 Å². The largest absolute Gasteiger partial charge is 0.477 e. The van der Waals surface area contributed by atoms with E-state index < -0.39 is 5.97 Å². The van der Waals surface area contributed by atoms with Crippen LogP contribution in [0.15, 0.2) is 53.0 Å². The number of anilines is 1. The van der Waals surface area contributed by atoms with Crippen LogP contribution in [0.1, 0.15) is 14.5 Å². The fraction of sp³-hybridized carbons (Fsp3) is 0.0625. The van der Waals surface area contributed by atoms with Gasteiger partial charge in [0.15, 0.2) is 0 Å². The van der Waals surface area contributed by atoms with Gasteiger partial charge in [-0.1, -0.05) is 28.1 Å². The van der Waals surface area contributed by atoms with Crippen LogP contribution in [0.25, 0.3) is 10.8 Å². The number of fused-ring (bicyclic) bond motifs is 1. The van der Waals surface area contributed by atoms with Gasteiger partial charge in [-0.15, -0.1) is 11.3 Å². The van der Waals surface area contributed by atoms with Gasteiger partial charge >= 0.3 is 5.97 Å². The Morgan fingerprint density at radius 2 is 1.86 bits per heavy atom. The lowest BCUT2D eigenvalue weighted by atomic mass is 10.1. The Kier molecular flexibility index (Phi) is 3.94. The van der Waals surface area contributed by atoms with Crippen LogP contribution in [-0.4, -0.2) is 11.1 Å². The minimum Gasteiger partial charge on any atom is -0.477 e. The Balaban J connectivity index is 1.75. The first kappa shape index (κ1) is 14.1. The summed E-state index contributed by atoms with van der Waals surface area (Å²) in [5, 5.41) is 14.6. The molecule has 21 heavy (non-hydrogen) atoms. The molecule has 1 aromatic heterocycles. The minimum atomic E-state index is -0.873. The van der Waals surface area contributed by atoms with Gasteiger partial charge < -0.3 is 10.4 Å². The van der Waals surface area contributed by atoms with Crippen molar-refractivity contribution in [1.29, 1.82) is 0 Å². The van der Waals surface area contributed by atoms with Crippen molar-refractivity contribution < 1.29 is 9.90 Å². The second-order valence-electron chi connectivity index (χ2n) is 4.63. The number of carboxylic acid groups (broad SMARTS) is 1. The summed E-state index contributed by atoms with van der Waals surface area (Å²) in [5.74, 6) is -0.873. The van der Waals surface area contributed by atoms with Crippen LogP contribution in [0, 0.1) is 0 Å². The zero-order valence-corrected chi connectivity index (χ0v) is 13.4. The summed E-state index contributed by atoms with van der Waals surface area (Å²) in [5.41, 5.74) is 1.02. The second kappa shape index (κ2) is 5.87. The molecule has 0 aliphatic carbocycles. The van der Waals surface area contributed by atoms with E-state index in [1.807, 2.05) is 18.2 Å². The highest BCUT2D eigenvalue weighted by Crippen LogP contribution is 2.24. The van der Waals surface area contributed by atoms with Crippen molar-refractivity contribution in [3.8, 4) is 0 Å². The van der Waals surface area contributed by atoms with Crippen molar-refractivity contribution in [3.05, 3.63) is 62.8 Å². The standard InChI is InChI=1S/C16H12BrNO2S/c17-12-3-1-11-8-13(4-2-10(11)7-12)18-9-14-5-6-15(21-14)16(19)20/h1-8,18H,9H2,(H,19,20). The third-order valence-electron chi connectivity index (χ3n) is 3.14. The molecular formula is C16H12BrNO2S. The number of nitrogens with one attached hydrogen (secondary N) is 1. The molecule has 106 valence electrons. The van der Waals surface area contributed by atoms with Gasteiger partial charge in [0, 0.05) is 21.6 Å². The molecule has 0 aliphatic heterocycles.